The van der Waals surface area contributed by atoms with Gasteiger partial charge < -0.3 is 9.88 Å². The van der Waals surface area contributed by atoms with Crippen LogP contribution in [-0.4, -0.2) is 16.1 Å². The van der Waals surface area contributed by atoms with Gasteiger partial charge in [0.2, 0.25) is 0 Å². The summed E-state index contributed by atoms with van der Waals surface area (Å²) in [5.41, 5.74) is 1.29. The summed E-state index contributed by atoms with van der Waals surface area (Å²) < 4.78 is 2.24. The summed E-state index contributed by atoms with van der Waals surface area (Å²) in [6.45, 7) is 8.73. The van der Waals surface area contributed by atoms with Gasteiger partial charge in [0, 0.05) is 18.8 Å². The second-order valence-corrected chi connectivity index (χ2v) is 6.04. The fourth-order valence-electron chi connectivity index (χ4n) is 2.53. The molecule has 1 heterocycles. The Morgan fingerprint density at radius 3 is 2.35 bits per heavy atom. The predicted octanol–water partition coefficient (Wildman–Crippen LogP) is 4.69. The van der Waals surface area contributed by atoms with E-state index in [2.05, 4.69) is 35.6 Å². The molecule has 0 aliphatic heterocycles. The summed E-state index contributed by atoms with van der Waals surface area (Å²) in [6.07, 6.45) is 15.0. The van der Waals surface area contributed by atoms with Gasteiger partial charge in [-0.15, -0.1) is 0 Å². The lowest BCUT2D eigenvalue weighted by atomic mass is 10.1. The van der Waals surface area contributed by atoms with Crippen LogP contribution in [0.15, 0.2) is 12.5 Å². The molecule has 0 atom stereocenters. The highest BCUT2D eigenvalue weighted by atomic mass is 15.1. The van der Waals surface area contributed by atoms with Gasteiger partial charge in [0.05, 0.1) is 12.0 Å². The van der Waals surface area contributed by atoms with Crippen molar-refractivity contribution in [3.63, 3.8) is 0 Å². The first kappa shape index (κ1) is 17.2. The fraction of sp³-hybridized carbons (Fsp3) is 0.824. The number of nitrogens with zero attached hydrogens (tertiary/aromatic N) is 2. The van der Waals surface area contributed by atoms with Gasteiger partial charge in [-0.3, -0.25) is 0 Å². The average Bonchev–Trinajstić information content (AvgIpc) is 2.89. The lowest BCUT2D eigenvalue weighted by molar-refractivity contribution is 0.530. The van der Waals surface area contributed by atoms with Gasteiger partial charge in [-0.25, -0.2) is 4.98 Å². The SMILES string of the molecule is CCCCCCCCCCNCc1cncn1C(C)C. The molecular formula is C17H33N3. The third-order valence-electron chi connectivity index (χ3n) is 3.82. The quantitative estimate of drug-likeness (QED) is 0.562. The van der Waals surface area contributed by atoms with Gasteiger partial charge in [-0.2, -0.15) is 0 Å². The lowest BCUT2D eigenvalue weighted by Gasteiger charge is -2.12. The first-order chi connectivity index (χ1) is 9.75. The van der Waals surface area contributed by atoms with Crippen molar-refractivity contribution < 1.29 is 0 Å². The van der Waals surface area contributed by atoms with Crippen LogP contribution in [0, 0.1) is 0 Å². The summed E-state index contributed by atoms with van der Waals surface area (Å²) in [5, 5.41) is 3.53. The molecule has 1 N–H and O–H groups in total. The van der Waals surface area contributed by atoms with E-state index < -0.39 is 0 Å². The smallest absolute Gasteiger partial charge is 0.0951 e. The summed E-state index contributed by atoms with van der Waals surface area (Å²) in [4.78, 5) is 4.23. The normalized spacial score (nSPS) is 11.4. The molecule has 3 nitrogen and oxygen atoms in total. The van der Waals surface area contributed by atoms with Crippen molar-refractivity contribution in [1.82, 2.24) is 14.9 Å². The topological polar surface area (TPSA) is 29.9 Å². The van der Waals surface area contributed by atoms with Gasteiger partial charge in [-0.1, -0.05) is 51.9 Å². The Labute approximate surface area is 125 Å². The van der Waals surface area contributed by atoms with Crippen LogP contribution in [0.2, 0.25) is 0 Å². The van der Waals surface area contributed by atoms with E-state index in [1.807, 2.05) is 12.5 Å². The molecule has 0 amide bonds. The Morgan fingerprint density at radius 1 is 1.05 bits per heavy atom. The standard InChI is InChI=1S/C17H33N3/c1-4-5-6-7-8-9-10-11-12-18-13-17-14-19-15-20(17)16(2)3/h14-16,18H,4-13H2,1-3H3. The molecule has 1 aromatic heterocycles. The van der Waals surface area contributed by atoms with Crippen molar-refractivity contribution >= 4 is 0 Å². The van der Waals surface area contributed by atoms with Gasteiger partial charge in [-0.05, 0) is 26.8 Å². The van der Waals surface area contributed by atoms with Crippen LogP contribution in [0.5, 0.6) is 0 Å². The van der Waals surface area contributed by atoms with E-state index >= 15 is 0 Å². The molecule has 0 fully saturated rings. The number of unbranched alkanes of at least 4 members (excludes halogenated alkanes) is 7. The second kappa shape index (κ2) is 10.9. The monoisotopic (exact) mass is 279 g/mol. The number of aromatic nitrogens is 2. The third-order valence-corrected chi connectivity index (χ3v) is 3.82. The van der Waals surface area contributed by atoms with Crippen LogP contribution in [-0.2, 0) is 6.54 Å². The number of hydrogen-bond donors (Lipinski definition) is 1. The zero-order valence-electron chi connectivity index (χ0n) is 13.7. The van der Waals surface area contributed by atoms with E-state index in [0.717, 1.165) is 13.1 Å². The fourth-order valence-corrected chi connectivity index (χ4v) is 2.53. The average molecular weight is 279 g/mol. The summed E-state index contributed by atoms with van der Waals surface area (Å²) in [7, 11) is 0. The van der Waals surface area contributed by atoms with Crippen LogP contribution in [0.1, 0.15) is 83.9 Å². The lowest BCUT2D eigenvalue weighted by Crippen LogP contribution is -2.17. The van der Waals surface area contributed by atoms with Gasteiger partial charge in [0.25, 0.3) is 0 Å². The molecule has 0 saturated carbocycles. The maximum Gasteiger partial charge on any atom is 0.0951 e. The maximum absolute atomic E-state index is 4.23. The highest BCUT2D eigenvalue weighted by Crippen LogP contribution is 2.09. The molecule has 0 saturated heterocycles. The predicted molar refractivity (Wildman–Crippen MR) is 86.9 cm³/mol. The number of nitrogens with one attached hydrogen (secondary N) is 1. The molecule has 0 aliphatic rings. The van der Waals surface area contributed by atoms with Crippen molar-refractivity contribution in [2.24, 2.45) is 0 Å². The zero-order valence-corrected chi connectivity index (χ0v) is 13.7. The minimum absolute atomic E-state index is 0.498. The van der Waals surface area contributed by atoms with Crippen LogP contribution in [0.4, 0.5) is 0 Å². The van der Waals surface area contributed by atoms with Crippen LogP contribution < -0.4 is 5.32 Å². The van der Waals surface area contributed by atoms with E-state index in [0.29, 0.717) is 6.04 Å². The minimum atomic E-state index is 0.498. The van der Waals surface area contributed by atoms with E-state index in [4.69, 9.17) is 0 Å². The molecule has 0 radical (unpaired) electrons. The van der Waals surface area contributed by atoms with Crippen LogP contribution in [0.25, 0.3) is 0 Å². The van der Waals surface area contributed by atoms with E-state index in [1.165, 1.54) is 57.1 Å². The molecular weight excluding hydrogens is 246 g/mol. The van der Waals surface area contributed by atoms with Crippen molar-refractivity contribution in [2.45, 2.75) is 84.7 Å². The highest BCUT2D eigenvalue weighted by molar-refractivity contribution is 4.99. The van der Waals surface area contributed by atoms with E-state index in [-0.39, 0.29) is 0 Å². The van der Waals surface area contributed by atoms with Gasteiger partial charge in [0.15, 0.2) is 0 Å². The molecule has 0 aromatic carbocycles. The summed E-state index contributed by atoms with van der Waals surface area (Å²) in [5.74, 6) is 0. The van der Waals surface area contributed by atoms with Crippen molar-refractivity contribution in [3.05, 3.63) is 18.2 Å². The molecule has 116 valence electrons. The third kappa shape index (κ3) is 7.09. The second-order valence-electron chi connectivity index (χ2n) is 6.04. The van der Waals surface area contributed by atoms with Crippen LogP contribution >= 0.6 is 0 Å². The zero-order chi connectivity index (χ0) is 14.6. The molecule has 0 aliphatic carbocycles. The van der Waals surface area contributed by atoms with Gasteiger partial charge in [0.1, 0.15) is 0 Å². The molecule has 20 heavy (non-hydrogen) atoms. The summed E-state index contributed by atoms with van der Waals surface area (Å²) in [6, 6.07) is 0.498. The Morgan fingerprint density at radius 2 is 1.70 bits per heavy atom. The molecule has 0 unspecified atom stereocenters. The van der Waals surface area contributed by atoms with Crippen molar-refractivity contribution in [2.75, 3.05) is 6.54 Å². The van der Waals surface area contributed by atoms with Crippen molar-refractivity contribution in [1.29, 1.82) is 0 Å². The Hall–Kier alpha value is -0.830. The molecule has 0 spiro atoms. The Balaban J connectivity index is 1.96. The maximum atomic E-state index is 4.23. The first-order valence-electron chi connectivity index (χ1n) is 8.47. The largest absolute Gasteiger partial charge is 0.331 e. The number of imidazole rings is 1. The van der Waals surface area contributed by atoms with Crippen LogP contribution in [0.3, 0.4) is 0 Å². The number of hydrogen-bond acceptors (Lipinski definition) is 2. The molecule has 3 heteroatoms. The molecule has 1 aromatic rings. The Kier molecular flexibility index (Phi) is 9.38. The molecule has 1 rings (SSSR count). The molecule has 0 bridgehead atoms. The van der Waals surface area contributed by atoms with E-state index in [9.17, 15) is 0 Å². The van der Waals surface area contributed by atoms with Gasteiger partial charge >= 0.3 is 0 Å². The van der Waals surface area contributed by atoms with Crippen molar-refractivity contribution in [3.8, 4) is 0 Å². The summed E-state index contributed by atoms with van der Waals surface area (Å²) >= 11 is 0. The highest BCUT2D eigenvalue weighted by Gasteiger charge is 2.04. The first-order valence-corrected chi connectivity index (χ1v) is 8.47. The van der Waals surface area contributed by atoms with E-state index in [1.54, 1.807) is 0 Å². The minimum Gasteiger partial charge on any atom is -0.331 e. The number of rotatable bonds is 12. The Bertz CT molecular complexity index is 331.